The minimum Gasteiger partial charge on any atom is -0.460 e. The first-order valence-electron chi connectivity index (χ1n) is 6.78. The second-order valence-electron chi connectivity index (χ2n) is 7.09. The van der Waals surface area contributed by atoms with Crippen molar-refractivity contribution in [3.63, 3.8) is 0 Å². The Morgan fingerprint density at radius 3 is 1.89 bits per heavy atom. The minimum atomic E-state index is -0.522. The van der Waals surface area contributed by atoms with Gasteiger partial charge in [-0.25, -0.2) is 0 Å². The molecule has 0 aliphatic heterocycles. The number of esters is 1. The van der Waals surface area contributed by atoms with Crippen LogP contribution in [0.15, 0.2) is 0 Å². The third kappa shape index (κ3) is 9.91. The highest BCUT2D eigenvalue weighted by Gasteiger charge is 2.27. The van der Waals surface area contributed by atoms with Gasteiger partial charge < -0.3 is 14.2 Å². The maximum Gasteiger partial charge on any atom is 0.309 e. The Bertz CT molecular complexity index is 287. The lowest BCUT2D eigenvalue weighted by atomic mass is 10.0. The highest BCUT2D eigenvalue weighted by molar-refractivity contribution is 5.71. The molecule has 0 atom stereocenters. The third-order valence-corrected chi connectivity index (χ3v) is 2.74. The van der Waals surface area contributed by atoms with E-state index in [1.165, 1.54) is 0 Å². The van der Waals surface area contributed by atoms with Crippen LogP contribution in [0.2, 0.25) is 0 Å². The first kappa shape index (κ1) is 18.4. The molecule has 0 saturated carbocycles. The van der Waals surface area contributed by atoms with Crippen LogP contribution in [0.3, 0.4) is 0 Å². The first-order chi connectivity index (χ1) is 8.37. The van der Waals surface area contributed by atoms with E-state index in [0.717, 1.165) is 6.42 Å². The number of hydrogen-bond donors (Lipinski definition) is 0. The summed E-state index contributed by atoms with van der Waals surface area (Å²) in [4.78, 5) is 11.8. The van der Waals surface area contributed by atoms with Gasteiger partial charge in [-0.05, 0) is 54.9 Å². The van der Waals surface area contributed by atoms with Crippen LogP contribution in [-0.2, 0) is 19.0 Å². The van der Waals surface area contributed by atoms with E-state index in [4.69, 9.17) is 14.2 Å². The average Bonchev–Trinajstić information content (AvgIpc) is 2.12. The van der Waals surface area contributed by atoms with Crippen molar-refractivity contribution < 1.29 is 19.0 Å². The summed E-state index contributed by atoms with van der Waals surface area (Å²) in [6.45, 7) is 14.0. The molecule has 0 aliphatic rings. The number of methoxy groups -OCH3 is 1. The number of carbonyl (C=O) groups is 1. The van der Waals surface area contributed by atoms with Crippen molar-refractivity contribution in [2.24, 2.45) is 0 Å². The predicted molar refractivity (Wildman–Crippen MR) is 76.2 cm³/mol. The van der Waals surface area contributed by atoms with E-state index in [2.05, 4.69) is 0 Å². The maximum atomic E-state index is 11.8. The first-order valence-corrected chi connectivity index (χ1v) is 6.78. The molecule has 19 heavy (non-hydrogen) atoms. The summed E-state index contributed by atoms with van der Waals surface area (Å²) >= 11 is 0. The van der Waals surface area contributed by atoms with E-state index in [0.29, 0.717) is 6.61 Å². The highest BCUT2D eigenvalue weighted by atomic mass is 16.6. The summed E-state index contributed by atoms with van der Waals surface area (Å²) in [5.74, 6) is -0.233. The Morgan fingerprint density at radius 1 is 0.947 bits per heavy atom. The van der Waals surface area contributed by atoms with Crippen LogP contribution in [0, 0.1) is 0 Å². The largest absolute Gasteiger partial charge is 0.460 e. The van der Waals surface area contributed by atoms with Crippen LogP contribution in [0.1, 0.15) is 61.3 Å². The zero-order valence-electron chi connectivity index (χ0n) is 13.8. The van der Waals surface area contributed by atoms with Gasteiger partial charge in [0.15, 0.2) is 0 Å². The van der Waals surface area contributed by atoms with Crippen molar-refractivity contribution in [2.45, 2.75) is 78.1 Å². The molecular weight excluding hydrogens is 244 g/mol. The molecule has 0 aromatic heterocycles. The van der Waals surface area contributed by atoms with Crippen molar-refractivity contribution in [1.29, 1.82) is 0 Å². The molecular formula is C15H30O4. The van der Waals surface area contributed by atoms with Crippen LogP contribution < -0.4 is 0 Å². The number of ether oxygens (including phenoxy) is 3. The topological polar surface area (TPSA) is 44.8 Å². The Hall–Kier alpha value is -0.610. The fourth-order valence-electron chi connectivity index (χ4n) is 1.45. The monoisotopic (exact) mass is 274 g/mol. The molecule has 4 nitrogen and oxygen atoms in total. The number of hydrogen-bond acceptors (Lipinski definition) is 4. The third-order valence-electron chi connectivity index (χ3n) is 2.74. The van der Waals surface area contributed by atoms with Gasteiger partial charge >= 0.3 is 5.97 Å². The van der Waals surface area contributed by atoms with Crippen molar-refractivity contribution in [3.8, 4) is 0 Å². The molecule has 0 heterocycles. The van der Waals surface area contributed by atoms with Gasteiger partial charge in [-0.15, -0.1) is 0 Å². The standard InChI is InChI=1S/C15H30O4/c1-13(2,3)19-12(16)11-15(6,7)18-10-9-14(4,5)17-8/h9-11H2,1-8H3. The summed E-state index contributed by atoms with van der Waals surface area (Å²) in [6.07, 6.45) is 1.03. The molecule has 0 rings (SSSR count). The lowest BCUT2D eigenvalue weighted by molar-refractivity contribution is -0.161. The Morgan fingerprint density at radius 2 is 1.47 bits per heavy atom. The lowest BCUT2D eigenvalue weighted by Crippen LogP contribution is -2.34. The molecule has 114 valence electrons. The summed E-state index contributed by atoms with van der Waals surface area (Å²) in [6, 6.07) is 0. The summed E-state index contributed by atoms with van der Waals surface area (Å²) in [5.41, 5.74) is -1.18. The molecule has 0 aliphatic carbocycles. The van der Waals surface area contributed by atoms with Crippen LogP contribution in [0.4, 0.5) is 0 Å². The van der Waals surface area contributed by atoms with E-state index in [1.807, 2.05) is 48.5 Å². The molecule has 0 aromatic rings. The van der Waals surface area contributed by atoms with Gasteiger partial charge in [-0.1, -0.05) is 0 Å². The van der Waals surface area contributed by atoms with Gasteiger partial charge in [-0.2, -0.15) is 0 Å². The molecule has 0 bridgehead atoms. The molecule has 0 amide bonds. The van der Waals surface area contributed by atoms with E-state index in [-0.39, 0.29) is 18.0 Å². The number of rotatable bonds is 7. The lowest BCUT2D eigenvalue weighted by Gasteiger charge is -2.29. The fraction of sp³-hybridized carbons (Fsp3) is 0.933. The van der Waals surface area contributed by atoms with Gasteiger partial charge in [0.1, 0.15) is 5.60 Å². The fourth-order valence-corrected chi connectivity index (χ4v) is 1.45. The second kappa shape index (κ2) is 6.71. The minimum absolute atomic E-state index is 0.206. The predicted octanol–water partition coefficient (Wildman–Crippen LogP) is 3.33. The van der Waals surface area contributed by atoms with Crippen LogP contribution in [0.25, 0.3) is 0 Å². The van der Waals surface area contributed by atoms with Crippen molar-refractivity contribution in [3.05, 3.63) is 0 Å². The van der Waals surface area contributed by atoms with Gasteiger partial charge in [-0.3, -0.25) is 4.79 Å². The van der Waals surface area contributed by atoms with Crippen molar-refractivity contribution in [1.82, 2.24) is 0 Å². The van der Waals surface area contributed by atoms with Gasteiger partial charge in [0, 0.05) is 7.11 Å². The highest BCUT2D eigenvalue weighted by Crippen LogP contribution is 2.20. The second-order valence-corrected chi connectivity index (χ2v) is 7.09. The molecule has 0 aromatic carbocycles. The molecule has 0 saturated heterocycles. The quantitative estimate of drug-likeness (QED) is 0.668. The summed E-state index contributed by atoms with van der Waals surface area (Å²) < 4.78 is 16.4. The number of carbonyl (C=O) groups excluding carboxylic acids is 1. The summed E-state index contributed by atoms with van der Waals surface area (Å²) in [5, 5.41) is 0. The zero-order chi connectivity index (χ0) is 15.3. The molecule has 0 spiro atoms. The van der Waals surface area contributed by atoms with Crippen molar-refractivity contribution >= 4 is 5.97 Å². The van der Waals surface area contributed by atoms with Gasteiger partial charge in [0.2, 0.25) is 0 Å². The van der Waals surface area contributed by atoms with Gasteiger partial charge in [0.05, 0.1) is 24.2 Å². The smallest absolute Gasteiger partial charge is 0.309 e. The Kier molecular flexibility index (Phi) is 6.49. The van der Waals surface area contributed by atoms with Crippen LogP contribution in [0.5, 0.6) is 0 Å². The molecule has 0 fully saturated rings. The molecule has 0 N–H and O–H groups in total. The van der Waals surface area contributed by atoms with E-state index < -0.39 is 11.2 Å². The average molecular weight is 274 g/mol. The van der Waals surface area contributed by atoms with Crippen molar-refractivity contribution in [2.75, 3.05) is 13.7 Å². The Labute approximate surface area is 117 Å². The molecule has 4 heteroatoms. The van der Waals surface area contributed by atoms with E-state index in [1.54, 1.807) is 7.11 Å². The van der Waals surface area contributed by atoms with Crippen LogP contribution in [-0.4, -0.2) is 36.5 Å². The zero-order valence-corrected chi connectivity index (χ0v) is 13.8. The summed E-state index contributed by atoms with van der Waals surface area (Å²) in [7, 11) is 1.69. The Balaban J connectivity index is 4.15. The molecule has 0 unspecified atom stereocenters. The van der Waals surface area contributed by atoms with Gasteiger partial charge in [0.25, 0.3) is 0 Å². The van der Waals surface area contributed by atoms with Crippen LogP contribution >= 0.6 is 0 Å². The van der Waals surface area contributed by atoms with E-state index in [9.17, 15) is 4.79 Å². The molecule has 0 radical (unpaired) electrons. The normalized spacial score (nSPS) is 13.5. The SMILES string of the molecule is COC(C)(C)CCOC(C)(C)CC(=O)OC(C)(C)C. The maximum absolute atomic E-state index is 11.8. The van der Waals surface area contributed by atoms with E-state index >= 15 is 0 Å².